The Kier molecular flexibility index (Phi) is 6.33. The molecule has 188 valence electrons. The summed E-state index contributed by atoms with van der Waals surface area (Å²) in [5.74, 6) is -4.76. The average molecular weight is 500 g/mol. The van der Waals surface area contributed by atoms with Gasteiger partial charge in [-0.3, -0.25) is 14.3 Å². The molecule has 0 spiro atoms. The summed E-state index contributed by atoms with van der Waals surface area (Å²) >= 11 is 0. The van der Waals surface area contributed by atoms with Crippen LogP contribution in [0.1, 0.15) is 24.6 Å². The van der Waals surface area contributed by atoms with E-state index in [9.17, 15) is 22.8 Å². The Hall–Kier alpha value is -3.96. The van der Waals surface area contributed by atoms with E-state index in [0.29, 0.717) is 24.5 Å². The van der Waals surface area contributed by atoms with Gasteiger partial charge in [-0.2, -0.15) is 5.10 Å². The van der Waals surface area contributed by atoms with Gasteiger partial charge in [0.25, 0.3) is 0 Å². The van der Waals surface area contributed by atoms with E-state index in [4.69, 9.17) is 4.74 Å². The highest BCUT2D eigenvalue weighted by Gasteiger charge is 2.36. The molecule has 2 aromatic heterocycles. The minimum atomic E-state index is -1.57. The SMILES string of the molecule is C[C@H]1Cn2ncc(N3CC(COc4ncccn4)CC3=O)c2CN1C(=O)Cc1cc(F)c(F)c(F)c1. The van der Waals surface area contributed by atoms with Crippen molar-refractivity contribution < 1.29 is 27.5 Å². The van der Waals surface area contributed by atoms with Crippen LogP contribution in [-0.4, -0.2) is 55.7 Å². The van der Waals surface area contributed by atoms with Gasteiger partial charge in [0.15, 0.2) is 17.5 Å². The molecule has 1 aromatic carbocycles. The van der Waals surface area contributed by atoms with Gasteiger partial charge in [0.1, 0.15) is 0 Å². The van der Waals surface area contributed by atoms with Crippen LogP contribution in [0.2, 0.25) is 0 Å². The van der Waals surface area contributed by atoms with Crippen molar-refractivity contribution in [1.82, 2.24) is 24.6 Å². The molecule has 1 saturated heterocycles. The van der Waals surface area contributed by atoms with E-state index in [-0.39, 0.29) is 61.3 Å². The number of nitrogens with zero attached hydrogens (tertiary/aromatic N) is 6. The van der Waals surface area contributed by atoms with E-state index in [1.807, 2.05) is 6.92 Å². The molecule has 36 heavy (non-hydrogen) atoms. The predicted molar refractivity (Wildman–Crippen MR) is 120 cm³/mol. The van der Waals surface area contributed by atoms with E-state index in [1.165, 1.54) is 0 Å². The molecule has 2 aliphatic heterocycles. The molecule has 4 heterocycles. The number of hydrogen-bond acceptors (Lipinski definition) is 6. The highest BCUT2D eigenvalue weighted by atomic mass is 19.2. The van der Waals surface area contributed by atoms with Crippen molar-refractivity contribution in [3.05, 3.63) is 65.5 Å². The molecule has 0 radical (unpaired) electrons. The van der Waals surface area contributed by atoms with E-state index in [1.54, 1.807) is 39.1 Å². The normalized spacial score (nSPS) is 19.5. The number of carbonyl (C=O) groups excluding carboxylic acids is 2. The first-order chi connectivity index (χ1) is 17.3. The summed E-state index contributed by atoms with van der Waals surface area (Å²) in [6.45, 7) is 3.11. The third kappa shape index (κ3) is 4.62. The van der Waals surface area contributed by atoms with Crippen LogP contribution in [0.15, 0.2) is 36.8 Å². The fourth-order valence-electron chi connectivity index (χ4n) is 4.61. The van der Waals surface area contributed by atoms with Crippen molar-refractivity contribution in [3.63, 3.8) is 0 Å². The second-order valence-electron chi connectivity index (χ2n) is 9.00. The van der Waals surface area contributed by atoms with Crippen LogP contribution in [0.25, 0.3) is 0 Å². The van der Waals surface area contributed by atoms with Gasteiger partial charge in [-0.25, -0.2) is 23.1 Å². The van der Waals surface area contributed by atoms with Crippen LogP contribution in [0.3, 0.4) is 0 Å². The standard InChI is InChI=1S/C24H23F3N6O3/c1-14-10-33-20(12-31(14)21(34)7-15-5-17(25)23(27)18(26)6-15)19(9-30-33)32-11-16(8-22(32)35)13-36-24-28-3-2-4-29-24/h2-6,9,14,16H,7-8,10-13H2,1H3/t14-,16?/m0/s1. The van der Waals surface area contributed by atoms with Gasteiger partial charge in [-0.1, -0.05) is 0 Å². The number of carbonyl (C=O) groups is 2. The molecule has 0 aliphatic carbocycles. The minimum absolute atomic E-state index is 0.0443. The van der Waals surface area contributed by atoms with Gasteiger partial charge in [0, 0.05) is 37.3 Å². The molecule has 3 aromatic rings. The van der Waals surface area contributed by atoms with Gasteiger partial charge in [-0.15, -0.1) is 0 Å². The van der Waals surface area contributed by atoms with Gasteiger partial charge < -0.3 is 14.5 Å². The monoisotopic (exact) mass is 500 g/mol. The molecule has 2 aliphatic rings. The second-order valence-corrected chi connectivity index (χ2v) is 9.00. The maximum Gasteiger partial charge on any atom is 0.316 e. The number of rotatable bonds is 6. The Morgan fingerprint density at radius 1 is 1.14 bits per heavy atom. The quantitative estimate of drug-likeness (QED) is 0.483. The molecule has 1 unspecified atom stereocenters. The number of hydrogen-bond donors (Lipinski definition) is 0. The Balaban J connectivity index is 1.28. The van der Waals surface area contributed by atoms with Crippen molar-refractivity contribution in [2.24, 2.45) is 5.92 Å². The summed E-state index contributed by atoms with van der Waals surface area (Å²) in [5.41, 5.74) is 1.35. The van der Waals surface area contributed by atoms with Crippen molar-refractivity contribution in [2.45, 2.75) is 38.9 Å². The number of amides is 2. The van der Waals surface area contributed by atoms with E-state index in [0.717, 1.165) is 12.1 Å². The minimum Gasteiger partial charge on any atom is -0.463 e. The van der Waals surface area contributed by atoms with Crippen LogP contribution < -0.4 is 9.64 Å². The first-order valence-corrected chi connectivity index (χ1v) is 11.5. The molecular weight excluding hydrogens is 477 g/mol. The number of fused-ring (bicyclic) bond motifs is 1. The topological polar surface area (TPSA) is 93.5 Å². The van der Waals surface area contributed by atoms with Crippen molar-refractivity contribution >= 4 is 17.5 Å². The lowest BCUT2D eigenvalue weighted by atomic mass is 10.1. The number of anilines is 1. The Bertz CT molecular complexity index is 1280. The molecule has 0 bridgehead atoms. The van der Waals surface area contributed by atoms with Crippen LogP contribution in [0.4, 0.5) is 18.9 Å². The molecule has 12 heteroatoms. The fourth-order valence-corrected chi connectivity index (χ4v) is 4.61. The van der Waals surface area contributed by atoms with Crippen LogP contribution in [0.5, 0.6) is 6.01 Å². The second kappa shape index (κ2) is 9.59. The molecular formula is C24H23F3N6O3. The first-order valence-electron chi connectivity index (χ1n) is 11.5. The van der Waals surface area contributed by atoms with Crippen LogP contribution >= 0.6 is 0 Å². The summed E-state index contributed by atoms with van der Waals surface area (Å²) in [6.07, 6.45) is 4.77. The number of halogens is 3. The third-order valence-electron chi connectivity index (χ3n) is 6.42. The first kappa shape index (κ1) is 23.8. The van der Waals surface area contributed by atoms with Gasteiger partial charge in [0.05, 0.1) is 43.7 Å². The lowest BCUT2D eigenvalue weighted by Crippen LogP contribution is -2.46. The van der Waals surface area contributed by atoms with Crippen LogP contribution in [-0.2, 0) is 29.1 Å². The maximum atomic E-state index is 13.6. The predicted octanol–water partition coefficient (Wildman–Crippen LogP) is 2.50. The van der Waals surface area contributed by atoms with E-state index in [2.05, 4.69) is 15.1 Å². The summed E-state index contributed by atoms with van der Waals surface area (Å²) in [7, 11) is 0. The largest absolute Gasteiger partial charge is 0.463 e. The molecule has 0 N–H and O–H groups in total. The molecule has 2 amide bonds. The Morgan fingerprint density at radius 3 is 2.58 bits per heavy atom. The Morgan fingerprint density at radius 2 is 1.86 bits per heavy atom. The lowest BCUT2D eigenvalue weighted by Gasteiger charge is -2.35. The lowest BCUT2D eigenvalue weighted by molar-refractivity contribution is -0.134. The summed E-state index contributed by atoms with van der Waals surface area (Å²) < 4.78 is 47.9. The summed E-state index contributed by atoms with van der Waals surface area (Å²) in [5, 5.41) is 4.41. The zero-order chi connectivity index (χ0) is 25.4. The van der Waals surface area contributed by atoms with Crippen molar-refractivity contribution in [3.8, 4) is 6.01 Å². The molecule has 5 rings (SSSR count). The highest BCUT2D eigenvalue weighted by molar-refractivity contribution is 5.96. The molecule has 9 nitrogen and oxygen atoms in total. The van der Waals surface area contributed by atoms with Crippen LogP contribution in [0, 0.1) is 23.4 Å². The van der Waals surface area contributed by atoms with Crippen molar-refractivity contribution in [2.75, 3.05) is 18.1 Å². The smallest absolute Gasteiger partial charge is 0.316 e. The van der Waals surface area contributed by atoms with Crippen molar-refractivity contribution in [1.29, 1.82) is 0 Å². The number of ether oxygens (including phenoxy) is 1. The van der Waals surface area contributed by atoms with Gasteiger partial charge in [-0.05, 0) is 30.7 Å². The molecule has 0 saturated carbocycles. The van der Waals surface area contributed by atoms with E-state index < -0.39 is 17.5 Å². The van der Waals surface area contributed by atoms with E-state index >= 15 is 0 Å². The van der Waals surface area contributed by atoms with Gasteiger partial charge >= 0.3 is 6.01 Å². The van der Waals surface area contributed by atoms with Gasteiger partial charge in [0.2, 0.25) is 11.8 Å². The zero-order valence-corrected chi connectivity index (χ0v) is 19.4. The fraction of sp³-hybridized carbons (Fsp3) is 0.375. The molecule has 2 atom stereocenters. The zero-order valence-electron chi connectivity index (χ0n) is 19.4. The number of benzene rings is 1. The maximum absolute atomic E-state index is 13.6. The Labute approximate surface area is 204 Å². The third-order valence-corrected chi connectivity index (χ3v) is 6.42. The number of aromatic nitrogens is 4. The molecule has 1 fully saturated rings. The summed E-state index contributed by atoms with van der Waals surface area (Å²) in [4.78, 5) is 37.1. The summed E-state index contributed by atoms with van der Waals surface area (Å²) in [6, 6.07) is 3.34. The highest BCUT2D eigenvalue weighted by Crippen LogP contribution is 2.32. The average Bonchev–Trinajstić information content (AvgIpc) is 3.43.